The van der Waals surface area contributed by atoms with E-state index in [0.717, 1.165) is 29.8 Å². The van der Waals surface area contributed by atoms with E-state index in [1.54, 1.807) is 0 Å². The maximum Gasteiger partial charge on any atom is 0.313 e. The van der Waals surface area contributed by atoms with E-state index in [9.17, 15) is 4.79 Å². The normalized spacial score (nSPS) is 21.6. The number of carbonyl (C=O) groups excluding carboxylic acids is 1. The summed E-state index contributed by atoms with van der Waals surface area (Å²) in [6, 6.07) is 4.33. The molecule has 1 saturated carbocycles. The molecule has 22 heavy (non-hydrogen) atoms. The van der Waals surface area contributed by atoms with Crippen LogP contribution in [0.2, 0.25) is 5.02 Å². The van der Waals surface area contributed by atoms with Gasteiger partial charge in [-0.15, -0.1) is 0 Å². The molecule has 3 heteroatoms. The van der Waals surface area contributed by atoms with Crippen LogP contribution in [0.15, 0.2) is 12.1 Å². The zero-order valence-corrected chi connectivity index (χ0v) is 14.1. The molecule has 0 amide bonds. The summed E-state index contributed by atoms with van der Waals surface area (Å²) >= 11 is 6.56. The third-order valence-electron chi connectivity index (χ3n) is 5.11. The highest BCUT2D eigenvalue weighted by Crippen LogP contribution is 2.42. The third kappa shape index (κ3) is 3.17. The summed E-state index contributed by atoms with van der Waals surface area (Å²) < 4.78 is 5.34. The van der Waals surface area contributed by atoms with Crippen molar-refractivity contribution in [3.63, 3.8) is 0 Å². The van der Waals surface area contributed by atoms with E-state index < -0.39 is 0 Å². The van der Waals surface area contributed by atoms with Crippen LogP contribution >= 0.6 is 11.6 Å². The first-order valence-corrected chi connectivity index (χ1v) is 9.07. The molecule has 1 fully saturated rings. The Morgan fingerprint density at radius 3 is 2.68 bits per heavy atom. The lowest BCUT2D eigenvalue weighted by molar-refractivity contribution is -0.145. The summed E-state index contributed by atoms with van der Waals surface area (Å²) in [7, 11) is 0. The first-order chi connectivity index (χ1) is 10.7. The van der Waals surface area contributed by atoms with E-state index in [2.05, 4.69) is 6.07 Å². The van der Waals surface area contributed by atoms with E-state index in [4.69, 9.17) is 16.3 Å². The Bertz CT molecular complexity index is 547. The van der Waals surface area contributed by atoms with Crippen LogP contribution in [0.1, 0.15) is 80.4 Å². The molecule has 2 nitrogen and oxygen atoms in total. The van der Waals surface area contributed by atoms with Crippen molar-refractivity contribution in [3.05, 3.63) is 33.8 Å². The molecule has 0 spiro atoms. The average molecular weight is 321 g/mol. The van der Waals surface area contributed by atoms with Crippen molar-refractivity contribution >= 4 is 17.6 Å². The highest BCUT2D eigenvalue weighted by molar-refractivity contribution is 6.31. The van der Waals surface area contributed by atoms with Crippen LogP contribution in [0.5, 0.6) is 0 Å². The predicted octanol–water partition coefficient (Wildman–Crippen LogP) is 5.37. The molecule has 0 saturated heterocycles. The quantitative estimate of drug-likeness (QED) is 0.697. The largest absolute Gasteiger partial charge is 0.465 e. The Morgan fingerprint density at radius 1 is 1.18 bits per heavy atom. The maximum atomic E-state index is 12.2. The van der Waals surface area contributed by atoms with Gasteiger partial charge in [0, 0.05) is 5.02 Å². The fraction of sp³-hybridized carbons (Fsp3) is 0.632. The molecule has 120 valence electrons. The molecule has 0 bridgehead atoms. The summed E-state index contributed by atoms with van der Waals surface area (Å²) in [6.45, 7) is 2.53. The van der Waals surface area contributed by atoms with Crippen molar-refractivity contribution in [2.24, 2.45) is 0 Å². The van der Waals surface area contributed by atoms with Gasteiger partial charge in [0.15, 0.2) is 0 Å². The average Bonchev–Trinajstić information content (AvgIpc) is 2.95. The molecule has 0 N–H and O–H groups in total. The fourth-order valence-corrected chi connectivity index (χ4v) is 4.25. The van der Waals surface area contributed by atoms with Gasteiger partial charge in [-0.2, -0.15) is 0 Å². The maximum absolute atomic E-state index is 12.2. The van der Waals surface area contributed by atoms with Gasteiger partial charge in [-0.1, -0.05) is 43.9 Å². The Kier molecular flexibility index (Phi) is 5.07. The van der Waals surface area contributed by atoms with Crippen molar-refractivity contribution in [1.82, 2.24) is 0 Å². The Labute approximate surface area is 138 Å². The number of rotatable bonds is 4. The van der Waals surface area contributed by atoms with Crippen molar-refractivity contribution in [2.45, 2.75) is 70.1 Å². The van der Waals surface area contributed by atoms with E-state index in [1.165, 1.54) is 43.2 Å². The minimum atomic E-state index is -0.112. The molecule has 2 aliphatic carbocycles. The number of hydrogen-bond donors (Lipinski definition) is 0. The van der Waals surface area contributed by atoms with Gasteiger partial charge < -0.3 is 4.74 Å². The zero-order chi connectivity index (χ0) is 15.5. The van der Waals surface area contributed by atoms with Gasteiger partial charge >= 0.3 is 5.97 Å². The van der Waals surface area contributed by atoms with Gasteiger partial charge in [-0.3, -0.25) is 4.79 Å². The topological polar surface area (TPSA) is 26.3 Å². The zero-order valence-electron chi connectivity index (χ0n) is 13.4. The van der Waals surface area contributed by atoms with Crippen LogP contribution in [0, 0.1) is 0 Å². The van der Waals surface area contributed by atoms with Gasteiger partial charge in [0.2, 0.25) is 0 Å². The Morgan fingerprint density at radius 2 is 1.95 bits per heavy atom. The number of ether oxygens (including phenoxy) is 1. The number of halogens is 1. The molecular weight excluding hydrogens is 296 g/mol. The molecule has 1 atom stereocenters. The molecule has 1 aromatic rings. The van der Waals surface area contributed by atoms with Crippen LogP contribution in [-0.4, -0.2) is 12.6 Å². The SMILES string of the molecule is CCCOC(=O)C1CCc2cc(C3CCCCC3)c(Cl)cc21. The van der Waals surface area contributed by atoms with E-state index >= 15 is 0 Å². The minimum absolute atomic E-state index is 0.0814. The lowest BCUT2D eigenvalue weighted by Crippen LogP contribution is -2.14. The molecule has 0 radical (unpaired) electrons. The van der Waals surface area contributed by atoms with E-state index in [1.807, 2.05) is 13.0 Å². The van der Waals surface area contributed by atoms with Crippen molar-refractivity contribution in [2.75, 3.05) is 6.61 Å². The van der Waals surface area contributed by atoms with Gasteiger partial charge in [0.25, 0.3) is 0 Å². The summed E-state index contributed by atoms with van der Waals surface area (Å²) in [4.78, 5) is 12.2. The molecular formula is C19H25ClO2. The standard InChI is InChI=1S/C19H25ClO2/c1-2-10-22-19(21)15-9-8-14-11-17(18(20)12-16(14)15)13-6-4-3-5-7-13/h11-13,15H,2-10H2,1H3. The molecule has 1 aromatic carbocycles. The second kappa shape index (κ2) is 7.04. The summed E-state index contributed by atoms with van der Waals surface area (Å²) in [5.41, 5.74) is 3.72. The molecule has 0 aromatic heterocycles. The van der Waals surface area contributed by atoms with Crippen LogP contribution in [-0.2, 0) is 16.0 Å². The van der Waals surface area contributed by atoms with Gasteiger partial charge in [-0.05, 0) is 60.8 Å². The summed E-state index contributed by atoms with van der Waals surface area (Å²) in [5, 5.41) is 0.848. The van der Waals surface area contributed by atoms with Gasteiger partial charge in [0.1, 0.15) is 0 Å². The Hall–Kier alpha value is -1.02. The minimum Gasteiger partial charge on any atom is -0.465 e. The fourth-order valence-electron chi connectivity index (χ4n) is 3.92. The highest BCUT2D eigenvalue weighted by Gasteiger charge is 2.31. The molecule has 0 aliphatic heterocycles. The summed E-state index contributed by atoms with van der Waals surface area (Å²) in [6.07, 6.45) is 9.17. The first kappa shape index (κ1) is 15.9. The van der Waals surface area contributed by atoms with E-state index in [0.29, 0.717) is 12.5 Å². The smallest absolute Gasteiger partial charge is 0.313 e. The lowest BCUT2D eigenvalue weighted by Gasteiger charge is -2.24. The van der Waals surface area contributed by atoms with Crippen LogP contribution in [0.25, 0.3) is 0 Å². The molecule has 2 aliphatic rings. The number of esters is 1. The lowest BCUT2D eigenvalue weighted by atomic mass is 9.83. The van der Waals surface area contributed by atoms with E-state index in [-0.39, 0.29) is 11.9 Å². The summed E-state index contributed by atoms with van der Waals surface area (Å²) in [5.74, 6) is 0.416. The number of carbonyl (C=O) groups is 1. The Balaban J connectivity index is 1.81. The number of benzene rings is 1. The second-order valence-corrected chi connectivity index (χ2v) is 7.07. The molecule has 3 rings (SSSR count). The van der Waals surface area contributed by atoms with Crippen LogP contribution in [0.3, 0.4) is 0 Å². The monoisotopic (exact) mass is 320 g/mol. The van der Waals surface area contributed by atoms with Crippen molar-refractivity contribution < 1.29 is 9.53 Å². The highest BCUT2D eigenvalue weighted by atomic mass is 35.5. The molecule has 1 unspecified atom stereocenters. The van der Waals surface area contributed by atoms with Crippen molar-refractivity contribution in [1.29, 1.82) is 0 Å². The van der Waals surface area contributed by atoms with Crippen molar-refractivity contribution in [3.8, 4) is 0 Å². The van der Waals surface area contributed by atoms with Crippen LogP contribution < -0.4 is 0 Å². The second-order valence-electron chi connectivity index (χ2n) is 6.67. The molecule has 0 heterocycles. The first-order valence-electron chi connectivity index (χ1n) is 8.69. The van der Waals surface area contributed by atoms with Gasteiger partial charge in [-0.25, -0.2) is 0 Å². The third-order valence-corrected chi connectivity index (χ3v) is 5.44. The predicted molar refractivity (Wildman–Crippen MR) is 89.6 cm³/mol. The van der Waals surface area contributed by atoms with Gasteiger partial charge in [0.05, 0.1) is 12.5 Å². The number of aryl methyl sites for hydroxylation is 1. The number of hydrogen-bond acceptors (Lipinski definition) is 2. The van der Waals surface area contributed by atoms with Crippen LogP contribution in [0.4, 0.5) is 0 Å². The number of fused-ring (bicyclic) bond motifs is 1.